The molecule has 4 aromatic carbocycles. The summed E-state index contributed by atoms with van der Waals surface area (Å²) in [5.74, 6) is -0.447. The highest BCUT2D eigenvalue weighted by Crippen LogP contribution is 2.28. The molecule has 1 N–H and O–H groups in total. The normalized spacial score (nSPS) is 11.8. The summed E-state index contributed by atoms with van der Waals surface area (Å²) in [6.07, 6.45) is 0.198. The maximum Gasteiger partial charge on any atom is 0.264 e. The SMILES string of the molecule is CCOc1ccc(N(CC(=O)N(Cc2ccccc2Cl)C(Cc2ccccc2)C(=O)NC)S(=O)(=O)c2ccc(Cl)cc2)cc1. The Labute approximate surface area is 268 Å². The van der Waals surface area contributed by atoms with Crippen LogP contribution in [0.25, 0.3) is 0 Å². The molecule has 0 fully saturated rings. The van der Waals surface area contributed by atoms with E-state index in [9.17, 15) is 18.0 Å². The first kappa shape index (κ1) is 32.9. The number of carbonyl (C=O) groups is 2. The summed E-state index contributed by atoms with van der Waals surface area (Å²) in [4.78, 5) is 29.0. The zero-order valence-corrected chi connectivity index (χ0v) is 26.6. The highest BCUT2D eigenvalue weighted by atomic mass is 35.5. The predicted octanol–water partition coefficient (Wildman–Crippen LogP) is 5.97. The number of benzene rings is 4. The van der Waals surface area contributed by atoms with Crippen LogP contribution in [-0.4, -0.2) is 51.4 Å². The highest BCUT2D eigenvalue weighted by molar-refractivity contribution is 7.92. The number of rotatable bonds is 13. The van der Waals surface area contributed by atoms with Gasteiger partial charge in [-0.15, -0.1) is 0 Å². The molecule has 0 aromatic heterocycles. The van der Waals surface area contributed by atoms with Crippen LogP contribution < -0.4 is 14.4 Å². The van der Waals surface area contributed by atoms with Crippen LogP contribution in [0.5, 0.6) is 5.75 Å². The summed E-state index contributed by atoms with van der Waals surface area (Å²) in [5.41, 5.74) is 1.68. The van der Waals surface area contributed by atoms with E-state index in [0.717, 1.165) is 9.87 Å². The van der Waals surface area contributed by atoms with Gasteiger partial charge in [0.25, 0.3) is 10.0 Å². The van der Waals surface area contributed by atoms with E-state index in [2.05, 4.69) is 5.32 Å². The van der Waals surface area contributed by atoms with Gasteiger partial charge in [0.05, 0.1) is 17.2 Å². The number of nitrogens with zero attached hydrogens (tertiary/aromatic N) is 2. The summed E-state index contributed by atoms with van der Waals surface area (Å²) in [7, 11) is -2.76. The van der Waals surface area contributed by atoms with Gasteiger partial charge >= 0.3 is 0 Å². The Kier molecular flexibility index (Phi) is 11.3. The van der Waals surface area contributed by atoms with Crippen LogP contribution in [0.3, 0.4) is 0 Å². The van der Waals surface area contributed by atoms with E-state index < -0.39 is 34.4 Å². The number of hydrogen-bond donors (Lipinski definition) is 1. The number of sulfonamides is 1. The van der Waals surface area contributed by atoms with Gasteiger partial charge in [0.15, 0.2) is 0 Å². The zero-order valence-electron chi connectivity index (χ0n) is 24.3. The molecule has 4 rings (SSSR count). The molecule has 4 aromatic rings. The lowest BCUT2D eigenvalue weighted by Crippen LogP contribution is -2.53. The lowest BCUT2D eigenvalue weighted by Gasteiger charge is -2.33. The van der Waals surface area contributed by atoms with E-state index in [1.165, 1.54) is 36.2 Å². The van der Waals surface area contributed by atoms with E-state index >= 15 is 0 Å². The van der Waals surface area contributed by atoms with Crippen molar-refractivity contribution in [3.05, 3.63) is 124 Å². The van der Waals surface area contributed by atoms with Crippen molar-refractivity contribution in [1.82, 2.24) is 10.2 Å². The third-order valence-corrected chi connectivity index (χ3v) is 9.34. The standard InChI is InChI=1S/C33H33Cl2N3O5S/c1-3-43-28-17-15-27(16-18-28)38(44(41,42)29-19-13-26(34)14-20-29)23-32(39)37(22-25-11-7-8-12-30(25)35)31(33(40)36-2)21-24-9-5-4-6-10-24/h4-20,31H,3,21-23H2,1-2H3,(H,36,40). The summed E-state index contributed by atoms with van der Waals surface area (Å²) >= 11 is 12.5. The first-order valence-corrected chi connectivity index (χ1v) is 16.1. The van der Waals surface area contributed by atoms with Crippen molar-refractivity contribution in [2.24, 2.45) is 0 Å². The molecule has 230 valence electrons. The van der Waals surface area contributed by atoms with Gasteiger partial charge in [-0.2, -0.15) is 0 Å². The average molecular weight is 655 g/mol. The largest absolute Gasteiger partial charge is 0.494 e. The molecule has 1 unspecified atom stereocenters. The van der Waals surface area contributed by atoms with Crippen molar-refractivity contribution < 1.29 is 22.7 Å². The van der Waals surface area contributed by atoms with Crippen LogP contribution in [0.15, 0.2) is 108 Å². The Bertz CT molecular complexity index is 1670. The van der Waals surface area contributed by atoms with E-state index in [4.69, 9.17) is 27.9 Å². The minimum Gasteiger partial charge on any atom is -0.494 e. The van der Waals surface area contributed by atoms with Gasteiger partial charge in [-0.1, -0.05) is 71.7 Å². The molecule has 0 spiro atoms. The Hall–Kier alpha value is -4.05. The number of nitrogens with one attached hydrogen (secondary N) is 1. The van der Waals surface area contributed by atoms with Crippen LogP contribution in [0, 0.1) is 0 Å². The van der Waals surface area contributed by atoms with Gasteiger partial charge in [-0.3, -0.25) is 13.9 Å². The number of carbonyl (C=O) groups excluding carboxylic acids is 2. The van der Waals surface area contributed by atoms with Crippen LogP contribution in [0.4, 0.5) is 5.69 Å². The molecular formula is C33H33Cl2N3O5S. The summed E-state index contributed by atoms with van der Waals surface area (Å²) in [6, 6.07) is 27.5. The van der Waals surface area contributed by atoms with Crippen molar-refractivity contribution in [1.29, 1.82) is 0 Å². The van der Waals surface area contributed by atoms with Crippen molar-refractivity contribution in [2.45, 2.75) is 30.8 Å². The number of halogens is 2. The molecule has 0 aliphatic carbocycles. The fraction of sp³-hybridized carbons (Fsp3) is 0.212. The summed E-state index contributed by atoms with van der Waals surface area (Å²) in [5, 5.41) is 3.44. The number of hydrogen-bond acceptors (Lipinski definition) is 5. The second-order valence-electron chi connectivity index (χ2n) is 9.83. The summed E-state index contributed by atoms with van der Waals surface area (Å²) < 4.78 is 34.7. The first-order valence-electron chi connectivity index (χ1n) is 13.9. The smallest absolute Gasteiger partial charge is 0.264 e. The summed E-state index contributed by atoms with van der Waals surface area (Å²) in [6.45, 7) is 1.66. The molecule has 0 aliphatic rings. The topological polar surface area (TPSA) is 96.0 Å². The monoisotopic (exact) mass is 653 g/mol. The predicted molar refractivity (Wildman–Crippen MR) is 174 cm³/mol. The van der Waals surface area contributed by atoms with Gasteiger partial charge in [0.1, 0.15) is 18.3 Å². The second-order valence-corrected chi connectivity index (χ2v) is 12.5. The molecule has 8 nitrogen and oxygen atoms in total. The van der Waals surface area contributed by atoms with Crippen molar-refractivity contribution >= 4 is 50.7 Å². The zero-order chi connectivity index (χ0) is 31.7. The molecule has 0 heterocycles. The molecular weight excluding hydrogens is 621 g/mol. The Morgan fingerprint density at radius 3 is 2.11 bits per heavy atom. The maximum absolute atomic E-state index is 14.3. The molecule has 0 saturated heterocycles. The highest BCUT2D eigenvalue weighted by Gasteiger charge is 2.34. The molecule has 2 amide bonds. The first-order chi connectivity index (χ1) is 21.1. The van der Waals surface area contributed by atoms with E-state index in [1.54, 1.807) is 48.5 Å². The minimum atomic E-state index is -4.26. The third-order valence-electron chi connectivity index (χ3n) is 6.93. The van der Waals surface area contributed by atoms with E-state index in [0.29, 0.717) is 28.0 Å². The number of amides is 2. The number of likely N-dealkylation sites (N-methyl/N-ethyl adjacent to an activating group) is 1. The van der Waals surface area contributed by atoms with Crippen LogP contribution in [0.1, 0.15) is 18.1 Å². The fourth-order valence-electron chi connectivity index (χ4n) is 4.67. The lowest BCUT2D eigenvalue weighted by molar-refractivity contribution is -0.139. The van der Waals surface area contributed by atoms with Gasteiger partial charge in [-0.25, -0.2) is 8.42 Å². The average Bonchev–Trinajstić information content (AvgIpc) is 3.03. The third kappa shape index (κ3) is 8.11. The molecule has 0 aliphatic heterocycles. The van der Waals surface area contributed by atoms with Gasteiger partial charge in [-0.05, 0) is 72.6 Å². The molecule has 1 atom stereocenters. The maximum atomic E-state index is 14.3. The van der Waals surface area contributed by atoms with Crippen LogP contribution >= 0.6 is 23.2 Å². The minimum absolute atomic E-state index is 0.0263. The van der Waals surface area contributed by atoms with Crippen LogP contribution in [-0.2, 0) is 32.6 Å². The number of ether oxygens (including phenoxy) is 1. The molecule has 0 bridgehead atoms. The Balaban J connectivity index is 1.79. The van der Waals surface area contributed by atoms with Gasteiger partial charge < -0.3 is 15.0 Å². The molecule has 0 saturated carbocycles. The molecule has 44 heavy (non-hydrogen) atoms. The van der Waals surface area contributed by atoms with E-state index in [1.807, 2.05) is 37.3 Å². The van der Waals surface area contributed by atoms with E-state index in [-0.39, 0.29) is 23.5 Å². The number of anilines is 1. The lowest BCUT2D eigenvalue weighted by atomic mass is 10.0. The quantitative estimate of drug-likeness (QED) is 0.192. The Morgan fingerprint density at radius 2 is 1.50 bits per heavy atom. The van der Waals surface area contributed by atoms with Crippen molar-refractivity contribution in [3.8, 4) is 5.75 Å². The second kappa shape index (κ2) is 15.1. The van der Waals surface area contributed by atoms with Crippen molar-refractivity contribution in [3.63, 3.8) is 0 Å². The van der Waals surface area contributed by atoms with Gasteiger partial charge in [0, 0.05) is 30.1 Å². The van der Waals surface area contributed by atoms with Crippen LogP contribution in [0.2, 0.25) is 10.0 Å². The molecule has 11 heteroatoms. The van der Waals surface area contributed by atoms with Crippen molar-refractivity contribution in [2.75, 3.05) is 24.5 Å². The molecule has 0 radical (unpaired) electrons. The Morgan fingerprint density at radius 1 is 0.864 bits per heavy atom. The fourth-order valence-corrected chi connectivity index (χ4v) is 6.40. The van der Waals surface area contributed by atoms with Gasteiger partial charge in [0.2, 0.25) is 11.8 Å².